The van der Waals surface area contributed by atoms with Gasteiger partial charge in [-0.05, 0) is 38.5 Å². The van der Waals surface area contributed by atoms with Gasteiger partial charge in [-0.25, -0.2) is 9.86 Å². The first-order chi connectivity index (χ1) is 12.9. The molecule has 0 bridgehead atoms. The third-order valence-electron chi connectivity index (χ3n) is 3.95. The van der Waals surface area contributed by atoms with Crippen molar-refractivity contribution in [1.29, 1.82) is 0 Å². The number of amides is 3. The van der Waals surface area contributed by atoms with E-state index in [0.717, 1.165) is 6.92 Å². The summed E-state index contributed by atoms with van der Waals surface area (Å²) in [6.45, 7) is 12.0. The van der Waals surface area contributed by atoms with Crippen LogP contribution in [0.2, 0.25) is 0 Å². The number of esters is 1. The van der Waals surface area contributed by atoms with Gasteiger partial charge in [-0.15, -0.1) is 0 Å². The van der Waals surface area contributed by atoms with E-state index in [1.807, 2.05) is 27.7 Å². The molecule has 0 spiro atoms. The molecule has 0 radical (unpaired) electrons. The molecule has 0 aliphatic rings. The normalized spacial score (nSPS) is 14.2. The van der Waals surface area contributed by atoms with Crippen LogP contribution in [0.1, 0.15) is 61.3 Å². The van der Waals surface area contributed by atoms with Gasteiger partial charge in [0.25, 0.3) is 0 Å². The Morgan fingerprint density at radius 1 is 0.929 bits per heavy atom. The van der Waals surface area contributed by atoms with Crippen molar-refractivity contribution in [2.45, 2.75) is 79.4 Å². The van der Waals surface area contributed by atoms with Gasteiger partial charge in [0.05, 0.1) is 6.61 Å². The summed E-state index contributed by atoms with van der Waals surface area (Å²) < 4.78 is 4.87. The zero-order chi connectivity index (χ0) is 22.0. The van der Waals surface area contributed by atoms with Crippen molar-refractivity contribution >= 4 is 23.7 Å². The van der Waals surface area contributed by atoms with E-state index in [9.17, 15) is 24.4 Å². The van der Waals surface area contributed by atoms with Crippen LogP contribution in [0.3, 0.4) is 0 Å². The van der Waals surface area contributed by atoms with E-state index in [1.54, 1.807) is 6.92 Å². The maximum Gasteiger partial charge on any atom is 0.328 e. The third kappa shape index (κ3) is 9.16. The largest absolute Gasteiger partial charge is 0.464 e. The highest BCUT2D eigenvalue weighted by molar-refractivity contribution is 5.93. The lowest BCUT2D eigenvalue weighted by atomic mass is 9.99. The van der Waals surface area contributed by atoms with Gasteiger partial charge in [0, 0.05) is 6.92 Å². The van der Waals surface area contributed by atoms with Crippen LogP contribution in [0.4, 0.5) is 0 Å². The van der Waals surface area contributed by atoms with E-state index in [4.69, 9.17) is 4.74 Å². The molecule has 0 rings (SSSR count). The molecule has 0 aliphatic carbocycles. The Morgan fingerprint density at radius 2 is 1.46 bits per heavy atom. The van der Waals surface area contributed by atoms with Gasteiger partial charge < -0.3 is 15.4 Å². The van der Waals surface area contributed by atoms with Crippen LogP contribution in [-0.4, -0.2) is 58.7 Å². The standard InChI is InChI=1S/C19H35N3O6/c1-8-28-19(26)13(6)20-17(24)15(9-11(2)3)21-18(25)16(10-12(4)5)22(27)14(7)23/h11-13,15-16,27H,8-10H2,1-7H3,(H,20,24)(H,21,25)/t13-,15-,16?/m0/s1. The van der Waals surface area contributed by atoms with Crippen LogP contribution >= 0.6 is 0 Å². The van der Waals surface area contributed by atoms with Gasteiger partial charge in [0.1, 0.15) is 18.1 Å². The first-order valence-electron chi connectivity index (χ1n) is 9.66. The fourth-order valence-corrected chi connectivity index (χ4v) is 2.59. The minimum absolute atomic E-state index is 0.0333. The van der Waals surface area contributed by atoms with Crippen molar-refractivity contribution in [2.24, 2.45) is 11.8 Å². The predicted molar refractivity (Wildman–Crippen MR) is 103 cm³/mol. The SMILES string of the molecule is CCOC(=O)[C@H](C)NC(=O)[C@H](CC(C)C)NC(=O)C(CC(C)C)N(O)C(C)=O. The maximum absolute atomic E-state index is 12.7. The van der Waals surface area contributed by atoms with Crippen molar-refractivity contribution in [3.8, 4) is 0 Å². The Labute approximate surface area is 167 Å². The number of nitrogens with zero attached hydrogens (tertiary/aromatic N) is 1. The second-order valence-electron chi connectivity index (χ2n) is 7.68. The van der Waals surface area contributed by atoms with E-state index in [0.29, 0.717) is 11.5 Å². The first kappa shape index (κ1) is 25.8. The molecule has 0 fully saturated rings. The average molecular weight is 402 g/mol. The van der Waals surface area contributed by atoms with Gasteiger partial charge in [0.2, 0.25) is 17.7 Å². The number of rotatable bonds is 11. The van der Waals surface area contributed by atoms with Crippen molar-refractivity contribution in [2.75, 3.05) is 6.61 Å². The first-order valence-corrected chi connectivity index (χ1v) is 9.66. The number of carbonyl (C=O) groups excluding carboxylic acids is 4. The zero-order valence-corrected chi connectivity index (χ0v) is 17.9. The van der Waals surface area contributed by atoms with Gasteiger partial charge in [0.15, 0.2) is 0 Å². The molecular formula is C19H35N3O6. The Morgan fingerprint density at radius 3 is 1.89 bits per heavy atom. The van der Waals surface area contributed by atoms with Crippen molar-refractivity contribution in [3.05, 3.63) is 0 Å². The summed E-state index contributed by atoms with van der Waals surface area (Å²) in [5.41, 5.74) is 0. The molecule has 0 aromatic carbocycles. The topological polar surface area (TPSA) is 125 Å². The smallest absolute Gasteiger partial charge is 0.328 e. The summed E-state index contributed by atoms with van der Waals surface area (Å²) in [5, 5.41) is 15.5. The van der Waals surface area contributed by atoms with Crippen LogP contribution < -0.4 is 10.6 Å². The summed E-state index contributed by atoms with van der Waals surface area (Å²) in [4.78, 5) is 48.6. The maximum atomic E-state index is 12.7. The van der Waals surface area contributed by atoms with Crippen molar-refractivity contribution in [1.82, 2.24) is 15.7 Å². The van der Waals surface area contributed by atoms with Crippen molar-refractivity contribution in [3.63, 3.8) is 0 Å². The van der Waals surface area contributed by atoms with Gasteiger partial charge >= 0.3 is 5.97 Å². The molecule has 0 aromatic heterocycles. The Kier molecular flexibility index (Phi) is 11.4. The van der Waals surface area contributed by atoms with Crippen LogP contribution in [-0.2, 0) is 23.9 Å². The number of hydrogen-bond acceptors (Lipinski definition) is 6. The van der Waals surface area contributed by atoms with Crippen LogP contribution in [0.5, 0.6) is 0 Å². The molecule has 162 valence electrons. The molecule has 3 N–H and O–H groups in total. The fraction of sp³-hybridized carbons (Fsp3) is 0.789. The van der Waals surface area contributed by atoms with E-state index < -0.39 is 41.8 Å². The van der Waals surface area contributed by atoms with Gasteiger partial charge in [-0.3, -0.25) is 19.6 Å². The molecule has 0 saturated heterocycles. The summed E-state index contributed by atoms with van der Waals surface area (Å²) >= 11 is 0. The summed E-state index contributed by atoms with van der Waals surface area (Å²) in [6.07, 6.45) is 0.560. The van der Waals surface area contributed by atoms with Crippen LogP contribution in [0, 0.1) is 11.8 Å². The van der Waals surface area contributed by atoms with Crippen LogP contribution in [0.15, 0.2) is 0 Å². The quantitative estimate of drug-likeness (QED) is 0.272. The summed E-state index contributed by atoms with van der Waals surface area (Å²) in [5.74, 6) is -2.28. The minimum atomic E-state index is -1.11. The molecule has 9 nitrogen and oxygen atoms in total. The lowest BCUT2D eigenvalue weighted by Gasteiger charge is -2.28. The molecule has 0 saturated carbocycles. The molecule has 0 aliphatic heterocycles. The molecule has 1 unspecified atom stereocenters. The van der Waals surface area contributed by atoms with E-state index in [-0.39, 0.29) is 24.9 Å². The minimum Gasteiger partial charge on any atom is -0.464 e. The number of hydrogen-bond donors (Lipinski definition) is 3. The summed E-state index contributed by atoms with van der Waals surface area (Å²) in [6, 6.07) is -2.89. The molecule has 9 heteroatoms. The molecule has 3 atom stereocenters. The Balaban J connectivity index is 5.32. The molecule has 28 heavy (non-hydrogen) atoms. The van der Waals surface area contributed by atoms with Crippen LogP contribution in [0.25, 0.3) is 0 Å². The number of hydroxylamine groups is 2. The van der Waals surface area contributed by atoms with Gasteiger partial charge in [-0.2, -0.15) is 0 Å². The van der Waals surface area contributed by atoms with Crippen molar-refractivity contribution < 1.29 is 29.1 Å². The van der Waals surface area contributed by atoms with E-state index in [2.05, 4.69) is 10.6 Å². The van der Waals surface area contributed by atoms with Gasteiger partial charge in [-0.1, -0.05) is 27.7 Å². The second kappa shape index (κ2) is 12.3. The third-order valence-corrected chi connectivity index (χ3v) is 3.95. The number of ether oxygens (including phenoxy) is 1. The van der Waals surface area contributed by atoms with E-state index in [1.165, 1.54) is 6.92 Å². The number of carbonyl (C=O) groups is 4. The second-order valence-corrected chi connectivity index (χ2v) is 7.68. The molecular weight excluding hydrogens is 366 g/mol. The highest BCUT2D eigenvalue weighted by Gasteiger charge is 2.32. The molecule has 0 aromatic rings. The highest BCUT2D eigenvalue weighted by Crippen LogP contribution is 2.13. The van der Waals surface area contributed by atoms with E-state index >= 15 is 0 Å². The number of nitrogens with one attached hydrogen (secondary N) is 2. The zero-order valence-electron chi connectivity index (χ0n) is 17.9. The lowest BCUT2D eigenvalue weighted by Crippen LogP contribution is -2.56. The monoisotopic (exact) mass is 401 g/mol. The Hall–Kier alpha value is -2.16. The Bertz CT molecular complexity index is 550. The molecule has 0 heterocycles. The fourth-order valence-electron chi connectivity index (χ4n) is 2.59. The summed E-state index contributed by atoms with van der Waals surface area (Å²) in [7, 11) is 0. The predicted octanol–water partition coefficient (Wildman–Crippen LogP) is 1.24. The highest BCUT2D eigenvalue weighted by atomic mass is 16.5. The molecule has 3 amide bonds. The lowest BCUT2D eigenvalue weighted by molar-refractivity contribution is -0.179. The average Bonchev–Trinajstić information content (AvgIpc) is 2.57.